The van der Waals surface area contributed by atoms with Crippen LogP contribution in [0.4, 0.5) is 19.7 Å². The van der Waals surface area contributed by atoms with E-state index in [1.165, 1.54) is 22.7 Å². The molecule has 32 heavy (non-hydrogen) atoms. The first-order chi connectivity index (χ1) is 15.2. The first-order valence-electron chi connectivity index (χ1n) is 10.3. The standard InChI is InChI=1S/C23H23F2N3O2S2/c1-13(2)10-18-19(14-5-7-23(24,25)8-6-14)27-22(32-18)28-20-16(21(29)30)11-15(12-26-20)17-4-3-9-31-17/h3-5,9,11-13H,6-8,10H2,1-2H3,(H,29,30)(H,26,27,28). The molecule has 1 aliphatic carbocycles. The Balaban J connectivity index is 1.66. The van der Waals surface area contributed by atoms with Gasteiger partial charge in [0.1, 0.15) is 11.4 Å². The fraction of sp³-hybridized carbons (Fsp3) is 0.348. The van der Waals surface area contributed by atoms with Crippen LogP contribution in [0.15, 0.2) is 35.9 Å². The summed E-state index contributed by atoms with van der Waals surface area (Å²) in [5.41, 5.74) is 2.34. The molecule has 1 aliphatic rings. The fourth-order valence-electron chi connectivity index (χ4n) is 3.58. The van der Waals surface area contributed by atoms with Gasteiger partial charge in [0.15, 0.2) is 5.13 Å². The number of carbonyl (C=O) groups is 1. The number of hydrogen-bond donors (Lipinski definition) is 2. The molecule has 0 aromatic carbocycles. The Bertz CT molecular complexity index is 1150. The maximum atomic E-state index is 13.6. The predicted octanol–water partition coefficient (Wildman–Crippen LogP) is 7.11. The summed E-state index contributed by atoms with van der Waals surface area (Å²) < 4.78 is 27.2. The van der Waals surface area contributed by atoms with Crippen LogP contribution in [0.3, 0.4) is 0 Å². The molecule has 3 aromatic rings. The maximum absolute atomic E-state index is 13.6. The highest BCUT2D eigenvalue weighted by molar-refractivity contribution is 7.15. The lowest BCUT2D eigenvalue weighted by Crippen LogP contribution is -2.18. The van der Waals surface area contributed by atoms with Gasteiger partial charge in [-0.3, -0.25) is 0 Å². The van der Waals surface area contributed by atoms with Gasteiger partial charge in [0.05, 0.1) is 5.69 Å². The van der Waals surface area contributed by atoms with Gasteiger partial charge in [0.2, 0.25) is 0 Å². The van der Waals surface area contributed by atoms with E-state index in [0.717, 1.165) is 33.0 Å². The van der Waals surface area contributed by atoms with Crippen molar-refractivity contribution in [2.75, 3.05) is 5.32 Å². The number of aromatic carboxylic acids is 1. The van der Waals surface area contributed by atoms with Crippen LogP contribution in [0, 0.1) is 5.92 Å². The van der Waals surface area contributed by atoms with Crippen LogP contribution in [0.1, 0.15) is 54.0 Å². The summed E-state index contributed by atoms with van der Waals surface area (Å²) in [6.07, 6.45) is 3.79. The van der Waals surface area contributed by atoms with Gasteiger partial charge in [-0.2, -0.15) is 0 Å². The van der Waals surface area contributed by atoms with Crippen molar-refractivity contribution in [2.45, 2.75) is 45.5 Å². The van der Waals surface area contributed by atoms with Crippen molar-refractivity contribution >= 4 is 45.2 Å². The largest absolute Gasteiger partial charge is 0.478 e. The molecule has 9 heteroatoms. The highest BCUT2D eigenvalue weighted by Gasteiger charge is 2.32. The first kappa shape index (κ1) is 22.5. The topological polar surface area (TPSA) is 75.1 Å². The third-order valence-corrected chi connectivity index (χ3v) is 7.06. The van der Waals surface area contributed by atoms with Crippen molar-refractivity contribution in [1.82, 2.24) is 9.97 Å². The number of carboxylic acids is 1. The van der Waals surface area contributed by atoms with Crippen molar-refractivity contribution in [3.8, 4) is 10.4 Å². The molecule has 0 atom stereocenters. The minimum Gasteiger partial charge on any atom is -0.478 e. The normalized spacial score (nSPS) is 15.6. The number of alkyl halides is 2. The number of carboxylic acid groups (broad SMARTS) is 1. The molecule has 0 aliphatic heterocycles. The lowest BCUT2D eigenvalue weighted by Gasteiger charge is -2.21. The van der Waals surface area contributed by atoms with E-state index in [4.69, 9.17) is 0 Å². The monoisotopic (exact) mass is 475 g/mol. The van der Waals surface area contributed by atoms with Crippen LogP contribution < -0.4 is 5.32 Å². The molecule has 0 saturated carbocycles. The highest BCUT2D eigenvalue weighted by Crippen LogP contribution is 2.40. The Morgan fingerprint density at radius 1 is 1.38 bits per heavy atom. The number of halogens is 2. The van der Waals surface area contributed by atoms with E-state index in [1.807, 2.05) is 17.5 Å². The van der Waals surface area contributed by atoms with Crippen molar-refractivity contribution in [1.29, 1.82) is 0 Å². The van der Waals surface area contributed by atoms with Gasteiger partial charge in [-0.15, -0.1) is 22.7 Å². The Morgan fingerprint density at radius 3 is 2.81 bits per heavy atom. The minimum atomic E-state index is -2.66. The third-order valence-electron chi connectivity index (χ3n) is 5.15. The number of thiophene rings is 1. The van der Waals surface area contributed by atoms with Crippen LogP contribution in [0.25, 0.3) is 16.0 Å². The smallest absolute Gasteiger partial charge is 0.339 e. The van der Waals surface area contributed by atoms with E-state index in [9.17, 15) is 18.7 Å². The minimum absolute atomic E-state index is 0.0505. The fourth-order valence-corrected chi connectivity index (χ4v) is 5.50. The summed E-state index contributed by atoms with van der Waals surface area (Å²) in [6.45, 7) is 4.18. The van der Waals surface area contributed by atoms with Crippen LogP contribution in [0.2, 0.25) is 0 Å². The van der Waals surface area contributed by atoms with Crippen LogP contribution in [-0.2, 0) is 6.42 Å². The summed E-state index contributed by atoms with van der Waals surface area (Å²) >= 11 is 2.93. The van der Waals surface area contributed by atoms with Crippen molar-refractivity contribution in [3.63, 3.8) is 0 Å². The number of nitrogens with zero attached hydrogens (tertiary/aromatic N) is 2. The van der Waals surface area contributed by atoms with Gasteiger partial charge >= 0.3 is 5.97 Å². The van der Waals surface area contributed by atoms with E-state index in [-0.39, 0.29) is 30.6 Å². The molecule has 5 nitrogen and oxygen atoms in total. The van der Waals surface area contributed by atoms with Crippen molar-refractivity contribution < 1.29 is 18.7 Å². The number of rotatable bonds is 7. The Hall–Kier alpha value is -2.65. The molecule has 2 N–H and O–H groups in total. The molecular formula is C23H23F2N3O2S2. The average molecular weight is 476 g/mol. The van der Waals surface area contributed by atoms with Gasteiger partial charge in [-0.25, -0.2) is 23.5 Å². The Morgan fingerprint density at radius 2 is 2.19 bits per heavy atom. The number of nitrogens with one attached hydrogen (secondary N) is 1. The number of hydrogen-bond acceptors (Lipinski definition) is 6. The number of thiazole rings is 1. The lowest BCUT2D eigenvalue weighted by molar-refractivity contribution is -0.00606. The second kappa shape index (κ2) is 9.07. The second-order valence-electron chi connectivity index (χ2n) is 8.21. The number of allylic oxidation sites excluding steroid dienone is 2. The Kier molecular flexibility index (Phi) is 6.39. The average Bonchev–Trinajstić information content (AvgIpc) is 3.38. The first-order valence-corrected chi connectivity index (χ1v) is 12.0. The molecule has 4 rings (SSSR count). The highest BCUT2D eigenvalue weighted by atomic mass is 32.1. The van der Waals surface area contributed by atoms with Crippen molar-refractivity contribution in [3.05, 3.63) is 52.0 Å². The molecule has 168 valence electrons. The zero-order valence-electron chi connectivity index (χ0n) is 17.7. The number of anilines is 2. The maximum Gasteiger partial charge on any atom is 0.339 e. The molecule has 0 unspecified atom stereocenters. The van der Waals surface area contributed by atoms with E-state index >= 15 is 0 Å². The molecule has 0 radical (unpaired) electrons. The molecule has 0 saturated heterocycles. The lowest BCUT2D eigenvalue weighted by atomic mass is 9.93. The van der Waals surface area contributed by atoms with Gasteiger partial charge in [0, 0.05) is 34.4 Å². The van der Waals surface area contributed by atoms with E-state index in [2.05, 4.69) is 29.1 Å². The SMILES string of the molecule is CC(C)Cc1sc(Nc2ncc(-c3cccs3)cc2C(=O)O)nc1C1=CCC(F)(F)CC1. The summed E-state index contributed by atoms with van der Waals surface area (Å²) in [6, 6.07) is 5.40. The molecule has 3 aromatic heterocycles. The summed E-state index contributed by atoms with van der Waals surface area (Å²) in [5, 5.41) is 15.2. The van der Waals surface area contributed by atoms with Gasteiger partial charge in [-0.1, -0.05) is 26.0 Å². The van der Waals surface area contributed by atoms with Crippen LogP contribution in [0.5, 0.6) is 0 Å². The van der Waals surface area contributed by atoms with Gasteiger partial charge in [0.25, 0.3) is 5.92 Å². The number of aromatic nitrogens is 2. The molecular weight excluding hydrogens is 452 g/mol. The van der Waals surface area contributed by atoms with Gasteiger partial charge < -0.3 is 10.4 Å². The molecule has 0 spiro atoms. The predicted molar refractivity (Wildman–Crippen MR) is 125 cm³/mol. The summed E-state index contributed by atoms with van der Waals surface area (Å²) in [7, 11) is 0. The molecule has 0 fully saturated rings. The molecule has 0 amide bonds. The van der Waals surface area contributed by atoms with Crippen molar-refractivity contribution in [2.24, 2.45) is 5.92 Å². The van der Waals surface area contributed by atoms with Crippen LogP contribution in [-0.4, -0.2) is 27.0 Å². The summed E-state index contributed by atoms with van der Waals surface area (Å²) in [5.74, 6) is -3.18. The third kappa shape index (κ3) is 5.05. The van der Waals surface area contributed by atoms with E-state index in [1.54, 1.807) is 18.3 Å². The second-order valence-corrected chi connectivity index (χ2v) is 10.2. The zero-order valence-corrected chi connectivity index (χ0v) is 19.3. The molecule has 3 heterocycles. The number of pyridine rings is 1. The van der Waals surface area contributed by atoms with E-state index < -0.39 is 11.9 Å². The summed E-state index contributed by atoms with van der Waals surface area (Å²) in [4.78, 5) is 22.8. The molecule has 0 bridgehead atoms. The van der Waals surface area contributed by atoms with Gasteiger partial charge in [-0.05, 0) is 41.8 Å². The van der Waals surface area contributed by atoms with E-state index in [0.29, 0.717) is 11.0 Å². The zero-order chi connectivity index (χ0) is 22.9. The van der Waals surface area contributed by atoms with Crippen LogP contribution >= 0.6 is 22.7 Å². The Labute approximate surface area is 192 Å². The quantitative estimate of drug-likeness (QED) is 0.381.